The molecule has 1 aliphatic rings. The molecule has 1 aromatic heterocycles. The van der Waals surface area contributed by atoms with Crippen LogP contribution < -0.4 is 5.32 Å². The van der Waals surface area contributed by atoms with E-state index in [0.29, 0.717) is 12.6 Å². The van der Waals surface area contributed by atoms with Gasteiger partial charge in [-0.2, -0.15) is 0 Å². The first-order valence-electron chi connectivity index (χ1n) is 4.77. The van der Waals surface area contributed by atoms with E-state index in [-0.39, 0.29) is 0 Å². The third-order valence-corrected chi connectivity index (χ3v) is 2.72. The zero-order valence-electron chi connectivity index (χ0n) is 7.78. The summed E-state index contributed by atoms with van der Waals surface area (Å²) in [5.41, 5.74) is 0.854. The van der Waals surface area contributed by atoms with E-state index in [4.69, 9.17) is 0 Å². The molecule has 0 aliphatic heterocycles. The van der Waals surface area contributed by atoms with Gasteiger partial charge in [0, 0.05) is 35.0 Å². The van der Waals surface area contributed by atoms with Crippen molar-refractivity contribution in [2.75, 3.05) is 6.54 Å². The Hall–Kier alpha value is -0.450. The van der Waals surface area contributed by atoms with Crippen LogP contribution in [0.3, 0.4) is 0 Å². The van der Waals surface area contributed by atoms with E-state index < -0.39 is 6.10 Å². The number of hydrogen-bond donors (Lipinski definition) is 2. The van der Waals surface area contributed by atoms with Crippen molar-refractivity contribution in [3.8, 4) is 0 Å². The average molecular weight is 257 g/mol. The van der Waals surface area contributed by atoms with Gasteiger partial charge in [0.05, 0.1) is 6.10 Å². The molecule has 1 saturated carbocycles. The Bertz CT molecular complexity index is 315. The lowest BCUT2D eigenvalue weighted by Crippen LogP contribution is -2.23. The zero-order chi connectivity index (χ0) is 9.97. The minimum absolute atomic E-state index is 0.458. The van der Waals surface area contributed by atoms with Gasteiger partial charge in [0.15, 0.2) is 0 Å². The standard InChI is InChI=1S/C10H13BrN2O/c11-8-3-7(4-12-5-8)10(14)6-13-9-1-2-9/h3-5,9-10,13-14H,1-2,6H2/t10-/m1/s1. The highest BCUT2D eigenvalue weighted by Crippen LogP contribution is 2.21. The highest BCUT2D eigenvalue weighted by Gasteiger charge is 2.21. The van der Waals surface area contributed by atoms with Crippen molar-refractivity contribution in [2.24, 2.45) is 0 Å². The molecule has 14 heavy (non-hydrogen) atoms. The maximum absolute atomic E-state index is 9.80. The Kier molecular flexibility index (Phi) is 3.15. The first-order chi connectivity index (χ1) is 6.75. The largest absolute Gasteiger partial charge is 0.387 e. The van der Waals surface area contributed by atoms with Crippen LogP contribution in [0.5, 0.6) is 0 Å². The molecular weight excluding hydrogens is 244 g/mol. The second kappa shape index (κ2) is 4.38. The van der Waals surface area contributed by atoms with Gasteiger partial charge in [-0.25, -0.2) is 0 Å². The topological polar surface area (TPSA) is 45.1 Å². The van der Waals surface area contributed by atoms with Gasteiger partial charge in [-0.05, 0) is 34.8 Å². The number of rotatable bonds is 4. The molecule has 0 unspecified atom stereocenters. The molecule has 1 atom stereocenters. The Morgan fingerprint density at radius 3 is 3.00 bits per heavy atom. The lowest BCUT2D eigenvalue weighted by molar-refractivity contribution is 0.174. The molecule has 0 saturated heterocycles. The van der Waals surface area contributed by atoms with Gasteiger partial charge in [-0.15, -0.1) is 0 Å². The number of aromatic nitrogens is 1. The molecule has 0 radical (unpaired) electrons. The summed E-state index contributed by atoms with van der Waals surface area (Å²) < 4.78 is 0.903. The number of aliphatic hydroxyl groups excluding tert-OH is 1. The van der Waals surface area contributed by atoms with E-state index in [1.165, 1.54) is 12.8 Å². The molecule has 2 N–H and O–H groups in total. The van der Waals surface area contributed by atoms with Crippen molar-refractivity contribution in [3.05, 3.63) is 28.5 Å². The predicted octanol–water partition coefficient (Wildman–Crippen LogP) is 1.63. The summed E-state index contributed by atoms with van der Waals surface area (Å²) in [4.78, 5) is 4.01. The number of aliphatic hydroxyl groups is 1. The minimum atomic E-state index is -0.458. The van der Waals surface area contributed by atoms with Gasteiger partial charge < -0.3 is 10.4 Å². The summed E-state index contributed by atoms with van der Waals surface area (Å²) in [5, 5.41) is 13.1. The van der Waals surface area contributed by atoms with Crippen LogP contribution in [0.4, 0.5) is 0 Å². The maximum Gasteiger partial charge on any atom is 0.0929 e. The highest BCUT2D eigenvalue weighted by atomic mass is 79.9. The summed E-state index contributed by atoms with van der Waals surface area (Å²) in [6, 6.07) is 2.52. The summed E-state index contributed by atoms with van der Waals surface area (Å²) >= 11 is 3.33. The molecule has 1 aromatic rings. The summed E-state index contributed by atoms with van der Waals surface area (Å²) in [7, 11) is 0. The molecule has 1 fully saturated rings. The second-order valence-corrected chi connectivity index (χ2v) is 4.55. The SMILES string of the molecule is O[C@H](CNC1CC1)c1cncc(Br)c1. The number of halogens is 1. The lowest BCUT2D eigenvalue weighted by atomic mass is 10.1. The number of nitrogens with one attached hydrogen (secondary N) is 1. The Balaban J connectivity index is 1.91. The van der Waals surface area contributed by atoms with E-state index in [9.17, 15) is 5.11 Å². The Labute approximate surface area is 91.7 Å². The van der Waals surface area contributed by atoms with Crippen LogP contribution in [-0.4, -0.2) is 22.7 Å². The van der Waals surface area contributed by atoms with Crippen molar-refractivity contribution < 1.29 is 5.11 Å². The Morgan fingerprint density at radius 2 is 2.36 bits per heavy atom. The average Bonchev–Trinajstić information content (AvgIpc) is 2.97. The third-order valence-electron chi connectivity index (χ3n) is 2.29. The summed E-state index contributed by atoms with van der Waals surface area (Å²) in [6.45, 7) is 0.614. The number of nitrogens with zero attached hydrogens (tertiary/aromatic N) is 1. The van der Waals surface area contributed by atoms with Crippen molar-refractivity contribution in [2.45, 2.75) is 25.0 Å². The second-order valence-electron chi connectivity index (χ2n) is 3.63. The van der Waals surface area contributed by atoms with Gasteiger partial charge in [0.25, 0.3) is 0 Å². The molecule has 0 amide bonds. The fourth-order valence-corrected chi connectivity index (χ4v) is 1.68. The van der Waals surface area contributed by atoms with Crippen LogP contribution in [0.15, 0.2) is 22.9 Å². The van der Waals surface area contributed by atoms with E-state index >= 15 is 0 Å². The van der Waals surface area contributed by atoms with E-state index in [2.05, 4.69) is 26.2 Å². The molecule has 1 aliphatic carbocycles. The van der Waals surface area contributed by atoms with E-state index in [0.717, 1.165) is 10.0 Å². The van der Waals surface area contributed by atoms with Gasteiger partial charge in [0.1, 0.15) is 0 Å². The molecule has 0 aromatic carbocycles. The quantitative estimate of drug-likeness (QED) is 0.861. The third kappa shape index (κ3) is 2.77. The van der Waals surface area contributed by atoms with Gasteiger partial charge in [0.2, 0.25) is 0 Å². The van der Waals surface area contributed by atoms with Crippen LogP contribution in [-0.2, 0) is 0 Å². The van der Waals surface area contributed by atoms with Crippen molar-refractivity contribution in [1.29, 1.82) is 0 Å². The molecule has 0 bridgehead atoms. The predicted molar refractivity (Wildman–Crippen MR) is 57.9 cm³/mol. The van der Waals surface area contributed by atoms with Gasteiger partial charge in [-0.3, -0.25) is 4.98 Å². The van der Waals surface area contributed by atoms with Crippen molar-refractivity contribution in [3.63, 3.8) is 0 Å². The van der Waals surface area contributed by atoms with Gasteiger partial charge in [-0.1, -0.05) is 0 Å². The van der Waals surface area contributed by atoms with Crippen LogP contribution >= 0.6 is 15.9 Å². The maximum atomic E-state index is 9.80. The molecule has 4 heteroatoms. The van der Waals surface area contributed by atoms with Crippen molar-refractivity contribution >= 4 is 15.9 Å². The minimum Gasteiger partial charge on any atom is -0.387 e. The zero-order valence-corrected chi connectivity index (χ0v) is 9.37. The van der Waals surface area contributed by atoms with E-state index in [1.807, 2.05) is 6.07 Å². The highest BCUT2D eigenvalue weighted by molar-refractivity contribution is 9.10. The van der Waals surface area contributed by atoms with Crippen LogP contribution in [0, 0.1) is 0 Å². The first-order valence-corrected chi connectivity index (χ1v) is 5.57. The van der Waals surface area contributed by atoms with E-state index in [1.54, 1.807) is 12.4 Å². The van der Waals surface area contributed by atoms with Crippen LogP contribution in [0.1, 0.15) is 24.5 Å². The smallest absolute Gasteiger partial charge is 0.0929 e. The monoisotopic (exact) mass is 256 g/mol. The fourth-order valence-electron chi connectivity index (χ4n) is 1.29. The molecule has 1 heterocycles. The lowest BCUT2D eigenvalue weighted by Gasteiger charge is -2.11. The van der Waals surface area contributed by atoms with Crippen molar-refractivity contribution in [1.82, 2.24) is 10.3 Å². The molecule has 2 rings (SSSR count). The normalized spacial score (nSPS) is 18.1. The molecular formula is C10H13BrN2O. The fraction of sp³-hybridized carbons (Fsp3) is 0.500. The van der Waals surface area contributed by atoms with Crippen LogP contribution in [0.25, 0.3) is 0 Å². The molecule has 76 valence electrons. The number of pyridine rings is 1. The Morgan fingerprint density at radius 1 is 1.57 bits per heavy atom. The molecule has 3 nitrogen and oxygen atoms in total. The number of hydrogen-bond acceptors (Lipinski definition) is 3. The van der Waals surface area contributed by atoms with Crippen LogP contribution in [0.2, 0.25) is 0 Å². The summed E-state index contributed by atoms with van der Waals surface area (Å²) in [5.74, 6) is 0. The van der Waals surface area contributed by atoms with Gasteiger partial charge >= 0.3 is 0 Å². The molecule has 0 spiro atoms. The first kappa shape index (κ1) is 10.1. The summed E-state index contributed by atoms with van der Waals surface area (Å²) in [6.07, 6.45) is 5.43.